The Morgan fingerprint density at radius 3 is 2.16 bits per heavy atom. The van der Waals surface area contributed by atoms with Gasteiger partial charge in [-0.25, -0.2) is 16.8 Å². The fourth-order valence-electron chi connectivity index (χ4n) is 4.16. The Bertz CT molecular complexity index is 1280. The van der Waals surface area contributed by atoms with Crippen LogP contribution in [0.25, 0.3) is 0 Å². The minimum Gasteiger partial charge on any atom is -0.506 e. The maximum absolute atomic E-state index is 13.6. The second-order valence-electron chi connectivity index (χ2n) is 9.74. The van der Waals surface area contributed by atoms with E-state index in [1.807, 2.05) is 51.1 Å². The zero-order valence-electron chi connectivity index (χ0n) is 22.3. The lowest BCUT2D eigenvalue weighted by atomic mass is 10.0. The number of amides is 1. The van der Waals surface area contributed by atoms with E-state index in [0.717, 1.165) is 16.8 Å². The maximum Gasteiger partial charge on any atom is 0.261 e. The van der Waals surface area contributed by atoms with Crippen molar-refractivity contribution in [2.24, 2.45) is 11.8 Å². The average Bonchev–Trinajstić information content (AvgIpc) is 2.81. The Kier molecular flexibility index (Phi) is 10.5. The Morgan fingerprint density at radius 1 is 1.03 bits per heavy atom. The molecule has 1 amide bonds. The van der Waals surface area contributed by atoms with Crippen molar-refractivity contribution in [3.8, 4) is 11.5 Å². The maximum atomic E-state index is 13.6. The molecule has 2 aromatic rings. The minimum absolute atomic E-state index is 0.107. The van der Waals surface area contributed by atoms with Crippen LogP contribution in [0.1, 0.15) is 45.2 Å². The number of nitrogens with one attached hydrogen (secondary N) is 1. The van der Waals surface area contributed by atoms with Crippen molar-refractivity contribution < 1.29 is 31.5 Å². The molecule has 11 heteroatoms. The molecule has 37 heavy (non-hydrogen) atoms. The van der Waals surface area contributed by atoms with E-state index < -0.39 is 54.1 Å². The first kappa shape index (κ1) is 30.6. The number of methoxy groups -OCH3 is 1. The number of rotatable bonds is 13. The first-order valence-electron chi connectivity index (χ1n) is 12.2. The summed E-state index contributed by atoms with van der Waals surface area (Å²) >= 11 is 0. The molecule has 0 aliphatic heterocycles. The number of phenolic OH excluding ortho intramolecular Hbond substituents is 1. The number of hydrogen-bond donors (Lipinski definition) is 2. The predicted molar refractivity (Wildman–Crippen MR) is 143 cm³/mol. The van der Waals surface area contributed by atoms with Crippen molar-refractivity contribution >= 4 is 25.8 Å². The second-order valence-corrected chi connectivity index (χ2v) is 13.6. The molecule has 2 rings (SSSR count). The van der Waals surface area contributed by atoms with Crippen molar-refractivity contribution in [3.63, 3.8) is 0 Å². The number of phenols is 1. The molecule has 0 saturated heterocycles. The van der Waals surface area contributed by atoms with Gasteiger partial charge in [0.1, 0.15) is 26.2 Å². The summed E-state index contributed by atoms with van der Waals surface area (Å²) in [5, 5.41) is 12.0. The molecular formula is C26H38N2O7S2. The van der Waals surface area contributed by atoms with Crippen molar-refractivity contribution in [3.05, 3.63) is 53.6 Å². The third-order valence-electron chi connectivity index (χ3n) is 5.91. The highest BCUT2D eigenvalue weighted by Gasteiger charge is 2.34. The smallest absolute Gasteiger partial charge is 0.261 e. The average molecular weight is 555 g/mol. The van der Waals surface area contributed by atoms with Crippen LogP contribution in [0.2, 0.25) is 0 Å². The van der Waals surface area contributed by atoms with Crippen LogP contribution in [0.15, 0.2) is 47.4 Å². The van der Waals surface area contributed by atoms with E-state index in [4.69, 9.17) is 4.74 Å². The number of hydrazine groups is 1. The summed E-state index contributed by atoms with van der Waals surface area (Å²) in [6.45, 7) is 7.12. The van der Waals surface area contributed by atoms with E-state index in [0.29, 0.717) is 30.6 Å². The van der Waals surface area contributed by atoms with Crippen LogP contribution < -0.4 is 9.57 Å². The first-order valence-corrected chi connectivity index (χ1v) is 15.7. The lowest BCUT2D eigenvalue weighted by Crippen LogP contribution is -2.54. The fourth-order valence-corrected chi connectivity index (χ4v) is 6.43. The fraction of sp³-hybridized carbons (Fsp3) is 0.500. The highest BCUT2D eigenvalue weighted by atomic mass is 32.2. The highest BCUT2D eigenvalue weighted by molar-refractivity contribution is 7.90. The molecule has 2 N–H and O–H groups in total. The van der Waals surface area contributed by atoms with Gasteiger partial charge >= 0.3 is 0 Å². The van der Waals surface area contributed by atoms with E-state index in [1.54, 1.807) is 0 Å². The summed E-state index contributed by atoms with van der Waals surface area (Å²) in [6, 6.07) is 11.4. The van der Waals surface area contributed by atoms with Crippen LogP contribution in [0.5, 0.6) is 11.5 Å². The number of benzene rings is 2. The number of carbonyl (C=O) groups excluding carboxylic acids is 1. The molecule has 0 bridgehead atoms. The lowest BCUT2D eigenvalue weighted by Gasteiger charge is -2.33. The van der Waals surface area contributed by atoms with E-state index >= 15 is 0 Å². The van der Waals surface area contributed by atoms with Gasteiger partial charge in [0, 0.05) is 11.8 Å². The summed E-state index contributed by atoms with van der Waals surface area (Å²) in [7, 11) is -6.51. The Labute approximate surface area is 220 Å². The van der Waals surface area contributed by atoms with Crippen LogP contribution in [0.3, 0.4) is 0 Å². The van der Waals surface area contributed by atoms with Crippen LogP contribution in [0.4, 0.5) is 0 Å². The number of sulfone groups is 1. The van der Waals surface area contributed by atoms with E-state index in [-0.39, 0.29) is 5.92 Å². The van der Waals surface area contributed by atoms with Gasteiger partial charge in [-0.3, -0.25) is 9.80 Å². The van der Waals surface area contributed by atoms with Crippen molar-refractivity contribution in [1.82, 2.24) is 9.84 Å². The van der Waals surface area contributed by atoms with Crippen LogP contribution in [-0.2, 0) is 37.5 Å². The Hall–Kier alpha value is -2.63. The van der Waals surface area contributed by atoms with E-state index in [2.05, 4.69) is 4.83 Å². The number of hydrogen-bond acceptors (Lipinski definition) is 7. The number of aromatic hydroxyl groups is 1. The van der Waals surface area contributed by atoms with Gasteiger partial charge in [-0.1, -0.05) is 58.0 Å². The molecule has 0 aliphatic rings. The van der Waals surface area contributed by atoms with Gasteiger partial charge in [0.25, 0.3) is 10.0 Å². The normalized spacial score (nSPS) is 13.8. The molecular weight excluding hydrogens is 516 g/mol. The van der Waals surface area contributed by atoms with Crippen LogP contribution >= 0.6 is 0 Å². The zero-order valence-corrected chi connectivity index (χ0v) is 23.9. The predicted octanol–water partition coefficient (Wildman–Crippen LogP) is 3.32. The monoisotopic (exact) mass is 554 g/mol. The van der Waals surface area contributed by atoms with Gasteiger partial charge in [-0.15, -0.1) is 4.83 Å². The Morgan fingerprint density at radius 2 is 1.65 bits per heavy atom. The van der Waals surface area contributed by atoms with E-state index in [9.17, 15) is 26.7 Å². The molecule has 0 saturated carbocycles. The summed E-state index contributed by atoms with van der Waals surface area (Å²) < 4.78 is 56.2. The molecule has 2 atom stereocenters. The first-order chi connectivity index (χ1) is 17.2. The SMILES string of the molecule is CC[C@@H](Cc1ccccc1)N(NS(=O)(=O)c1ccc(OC)c(CC(C)C)c1O)C(=O)C(C)CS(C)(=O)=O. The molecule has 0 heterocycles. The summed E-state index contributed by atoms with van der Waals surface area (Å²) in [6.07, 6.45) is 2.13. The lowest BCUT2D eigenvalue weighted by molar-refractivity contribution is -0.138. The molecule has 2 aromatic carbocycles. The number of ether oxygens (including phenoxy) is 1. The topological polar surface area (TPSA) is 130 Å². The summed E-state index contributed by atoms with van der Waals surface area (Å²) in [5.41, 5.74) is 1.23. The van der Waals surface area contributed by atoms with Gasteiger partial charge in [0.15, 0.2) is 0 Å². The molecule has 0 aliphatic carbocycles. The second kappa shape index (κ2) is 12.7. The standard InChI is InChI=1S/C26H38N2O7S2/c1-7-21(16-20-11-9-8-10-12-20)28(26(30)19(4)17-36(6,31)32)27-37(33,34)24-14-13-23(35-5)22(25(24)29)15-18(2)3/h8-14,18-19,21,27,29H,7,15-17H2,1-6H3/t19?,21-/m0/s1. The van der Waals surface area contributed by atoms with Gasteiger partial charge in [-0.05, 0) is 42.9 Å². The molecule has 1 unspecified atom stereocenters. The van der Waals surface area contributed by atoms with Gasteiger partial charge < -0.3 is 9.84 Å². The van der Waals surface area contributed by atoms with Gasteiger partial charge in [0.05, 0.1) is 24.8 Å². The summed E-state index contributed by atoms with van der Waals surface area (Å²) in [5.74, 6) is -2.09. The summed E-state index contributed by atoms with van der Waals surface area (Å²) in [4.78, 5) is 15.4. The molecule has 0 fully saturated rings. The van der Waals surface area contributed by atoms with E-state index in [1.165, 1.54) is 26.2 Å². The molecule has 0 spiro atoms. The quantitative estimate of drug-likeness (QED) is 0.363. The van der Waals surface area contributed by atoms with Crippen LogP contribution in [-0.4, -0.2) is 58.0 Å². The Balaban J connectivity index is 2.55. The van der Waals surface area contributed by atoms with Gasteiger partial charge in [0.2, 0.25) is 5.91 Å². The number of nitrogens with zero attached hydrogens (tertiary/aromatic N) is 1. The number of sulfonamides is 1. The molecule has 0 radical (unpaired) electrons. The molecule has 9 nitrogen and oxygen atoms in total. The van der Waals surface area contributed by atoms with Crippen molar-refractivity contribution in [1.29, 1.82) is 0 Å². The third-order valence-corrected chi connectivity index (χ3v) is 8.36. The van der Waals surface area contributed by atoms with Crippen molar-refractivity contribution in [2.75, 3.05) is 19.1 Å². The zero-order chi connectivity index (χ0) is 28.0. The van der Waals surface area contributed by atoms with Crippen molar-refractivity contribution in [2.45, 2.75) is 57.9 Å². The number of carbonyl (C=O) groups is 1. The molecule has 206 valence electrons. The third kappa shape index (κ3) is 8.44. The molecule has 0 aromatic heterocycles. The minimum atomic E-state index is -4.44. The van der Waals surface area contributed by atoms with Gasteiger partial charge in [-0.2, -0.15) is 0 Å². The highest BCUT2D eigenvalue weighted by Crippen LogP contribution is 2.36. The largest absolute Gasteiger partial charge is 0.506 e. The van der Waals surface area contributed by atoms with Crippen LogP contribution in [0, 0.1) is 11.8 Å².